The highest BCUT2D eigenvalue weighted by atomic mass is 32.1. The molecule has 70 valence electrons. The van der Waals surface area contributed by atoms with E-state index in [9.17, 15) is 5.11 Å². The lowest BCUT2D eigenvalue weighted by Gasteiger charge is -2.10. The second-order valence-corrected chi connectivity index (χ2v) is 3.33. The van der Waals surface area contributed by atoms with Crippen molar-refractivity contribution in [1.82, 2.24) is 0 Å². The zero-order chi connectivity index (χ0) is 10.0. The molecule has 4 heteroatoms. The molecule has 0 saturated carbocycles. The van der Waals surface area contributed by atoms with Gasteiger partial charge in [-0.2, -0.15) is 0 Å². The number of thiocarbonyl (C=S) groups is 1. The summed E-state index contributed by atoms with van der Waals surface area (Å²) in [5.74, 6) is 0.279. The molecule has 0 aromatic heterocycles. The molecule has 0 spiro atoms. The molecule has 0 bridgehead atoms. The average molecular weight is 196 g/mol. The Bertz CT molecular complexity index is 350. The molecular formula is C9H12N2OS. The fourth-order valence-electron chi connectivity index (χ4n) is 1.10. The zero-order valence-corrected chi connectivity index (χ0v) is 8.40. The Morgan fingerprint density at radius 2 is 2.08 bits per heavy atom. The van der Waals surface area contributed by atoms with Crippen molar-refractivity contribution in [3.05, 3.63) is 23.3 Å². The van der Waals surface area contributed by atoms with Gasteiger partial charge in [-0.15, -0.1) is 0 Å². The van der Waals surface area contributed by atoms with E-state index in [-0.39, 0.29) is 10.9 Å². The van der Waals surface area contributed by atoms with Gasteiger partial charge in [-0.05, 0) is 37.7 Å². The lowest BCUT2D eigenvalue weighted by Crippen LogP contribution is -2.19. The van der Waals surface area contributed by atoms with Gasteiger partial charge < -0.3 is 16.2 Å². The molecule has 0 heterocycles. The highest BCUT2D eigenvalue weighted by molar-refractivity contribution is 7.80. The normalized spacial score (nSPS) is 9.69. The van der Waals surface area contributed by atoms with Gasteiger partial charge in [0.1, 0.15) is 5.75 Å². The number of nitrogens with two attached hydrogens (primary N) is 1. The highest BCUT2D eigenvalue weighted by Gasteiger charge is 2.05. The number of anilines is 1. The van der Waals surface area contributed by atoms with Crippen LogP contribution in [0.1, 0.15) is 11.1 Å². The second kappa shape index (κ2) is 3.62. The molecule has 0 atom stereocenters. The Hall–Kier alpha value is -1.29. The third-order valence-corrected chi connectivity index (χ3v) is 1.99. The Morgan fingerprint density at radius 3 is 2.62 bits per heavy atom. The number of rotatable bonds is 1. The Morgan fingerprint density at radius 1 is 1.46 bits per heavy atom. The molecule has 0 aliphatic heterocycles. The van der Waals surface area contributed by atoms with Gasteiger partial charge in [-0.3, -0.25) is 0 Å². The first kappa shape index (κ1) is 9.80. The van der Waals surface area contributed by atoms with E-state index in [0.717, 1.165) is 16.8 Å². The minimum Gasteiger partial charge on any atom is -0.507 e. The Labute approximate surface area is 82.6 Å². The minimum absolute atomic E-state index is 0.200. The maximum Gasteiger partial charge on any atom is 0.168 e. The summed E-state index contributed by atoms with van der Waals surface area (Å²) in [4.78, 5) is 0. The van der Waals surface area contributed by atoms with Gasteiger partial charge in [-0.25, -0.2) is 0 Å². The van der Waals surface area contributed by atoms with E-state index in [0.29, 0.717) is 0 Å². The van der Waals surface area contributed by atoms with Crippen molar-refractivity contribution >= 4 is 23.0 Å². The smallest absolute Gasteiger partial charge is 0.168 e. The molecule has 0 fully saturated rings. The van der Waals surface area contributed by atoms with Crippen LogP contribution >= 0.6 is 12.2 Å². The molecule has 0 aliphatic rings. The fraction of sp³-hybridized carbons (Fsp3) is 0.222. The number of hydrogen-bond donors (Lipinski definition) is 3. The van der Waals surface area contributed by atoms with Crippen molar-refractivity contribution in [2.45, 2.75) is 13.8 Å². The molecular weight excluding hydrogens is 184 g/mol. The molecule has 0 amide bonds. The summed E-state index contributed by atoms with van der Waals surface area (Å²) in [7, 11) is 0. The maximum atomic E-state index is 9.58. The summed E-state index contributed by atoms with van der Waals surface area (Å²) in [6, 6.07) is 3.65. The van der Waals surface area contributed by atoms with Crippen molar-refractivity contribution in [1.29, 1.82) is 0 Å². The third-order valence-electron chi connectivity index (χ3n) is 1.89. The summed E-state index contributed by atoms with van der Waals surface area (Å²) in [6.45, 7) is 3.65. The van der Waals surface area contributed by atoms with Gasteiger partial charge in [0.2, 0.25) is 0 Å². The molecule has 4 N–H and O–H groups in total. The molecule has 0 aliphatic carbocycles. The summed E-state index contributed by atoms with van der Waals surface area (Å²) in [5, 5.41) is 12.6. The van der Waals surface area contributed by atoms with Crippen LogP contribution in [0.2, 0.25) is 0 Å². The summed E-state index contributed by atoms with van der Waals surface area (Å²) in [5.41, 5.74) is 7.66. The van der Waals surface area contributed by atoms with Gasteiger partial charge in [0.05, 0.1) is 0 Å². The van der Waals surface area contributed by atoms with Crippen LogP contribution in [0.15, 0.2) is 12.1 Å². The van der Waals surface area contributed by atoms with Crippen molar-refractivity contribution < 1.29 is 5.11 Å². The summed E-state index contributed by atoms with van der Waals surface area (Å²) < 4.78 is 0. The van der Waals surface area contributed by atoms with E-state index in [1.807, 2.05) is 26.0 Å². The van der Waals surface area contributed by atoms with Crippen LogP contribution in [0.5, 0.6) is 5.75 Å². The van der Waals surface area contributed by atoms with E-state index in [1.165, 1.54) is 0 Å². The summed E-state index contributed by atoms with van der Waals surface area (Å²) >= 11 is 4.70. The summed E-state index contributed by atoms with van der Waals surface area (Å²) in [6.07, 6.45) is 0. The van der Waals surface area contributed by atoms with Crippen molar-refractivity contribution in [2.24, 2.45) is 5.73 Å². The average Bonchev–Trinajstić information content (AvgIpc) is 2.06. The topological polar surface area (TPSA) is 58.3 Å². The third kappa shape index (κ3) is 2.09. The van der Waals surface area contributed by atoms with Gasteiger partial charge >= 0.3 is 0 Å². The van der Waals surface area contributed by atoms with E-state index in [2.05, 4.69) is 5.32 Å². The number of nitrogens with one attached hydrogen (secondary N) is 1. The number of phenolic OH excluding ortho intramolecular Hbond substituents is 1. The molecule has 0 saturated heterocycles. The molecule has 0 radical (unpaired) electrons. The SMILES string of the molecule is Cc1ccc(NC(N)=S)c(C)c1O. The van der Waals surface area contributed by atoms with Crippen LogP contribution in [0.25, 0.3) is 0 Å². The van der Waals surface area contributed by atoms with E-state index in [4.69, 9.17) is 18.0 Å². The predicted octanol–water partition coefficient (Wildman–Crippen LogP) is 1.66. The van der Waals surface area contributed by atoms with Crippen LogP contribution in [0.4, 0.5) is 5.69 Å². The first-order valence-electron chi connectivity index (χ1n) is 3.88. The standard InChI is InChI=1S/C9H12N2OS/c1-5-3-4-7(11-9(10)13)6(2)8(5)12/h3-4,12H,1-2H3,(H3,10,11,13). The van der Waals surface area contributed by atoms with Crippen LogP contribution in [0.3, 0.4) is 0 Å². The van der Waals surface area contributed by atoms with E-state index < -0.39 is 0 Å². The van der Waals surface area contributed by atoms with Crippen molar-refractivity contribution in [3.63, 3.8) is 0 Å². The predicted molar refractivity (Wildman–Crippen MR) is 58.0 cm³/mol. The van der Waals surface area contributed by atoms with Gasteiger partial charge in [0, 0.05) is 11.3 Å². The number of aromatic hydroxyl groups is 1. The number of benzene rings is 1. The number of hydrogen-bond acceptors (Lipinski definition) is 2. The Kier molecular flexibility index (Phi) is 2.72. The lowest BCUT2D eigenvalue weighted by atomic mass is 10.1. The maximum absolute atomic E-state index is 9.58. The van der Waals surface area contributed by atoms with E-state index in [1.54, 1.807) is 0 Å². The Balaban J connectivity index is 3.10. The molecule has 3 nitrogen and oxygen atoms in total. The lowest BCUT2D eigenvalue weighted by molar-refractivity contribution is 0.467. The molecule has 1 rings (SSSR count). The number of phenols is 1. The molecule has 1 aromatic carbocycles. The highest BCUT2D eigenvalue weighted by Crippen LogP contribution is 2.27. The monoisotopic (exact) mass is 196 g/mol. The van der Waals surface area contributed by atoms with Crippen LogP contribution < -0.4 is 11.1 Å². The first-order chi connectivity index (χ1) is 6.02. The van der Waals surface area contributed by atoms with Gasteiger partial charge in [0.25, 0.3) is 0 Å². The largest absolute Gasteiger partial charge is 0.507 e. The van der Waals surface area contributed by atoms with Crippen LogP contribution in [0, 0.1) is 13.8 Å². The van der Waals surface area contributed by atoms with Crippen LogP contribution in [-0.4, -0.2) is 10.2 Å². The van der Waals surface area contributed by atoms with Crippen molar-refractivity contribution in [2.75, 3.05) is 5.32 Å². The van der Waals surface area contributed by atoms with Crippen molar-refractivity contribution in [3.8, 4) is 5.75 Å². The number of aryl methyl sites for hydroxylation is 1. The van der Waals surface area contributed by atoms with Gasteiger partial charge in [0.15, 0.2) is 5.11 Å². The van der Waals surface area contributed by atoms with Gasteiger partial charge in [-0.1, -0.05) is 6.07 Å². The van der Waals surface area contributed by atoms with E-state index >= 15 is 0 Å². The molecule has 13 heavy (non-hydrogen) atoms. The molecule has 0 unspecified atom stereocenters. The van der Waals surface area contributed by atoms with Crippen LogP contribution in [-0.2, 0) is 0 Å². The quantitative estimate of drug-likeness (QED) is 0.598. The minimum atomic E-state index is 0.200. The fourth-order valence-corrected chi connectivity index (χ4v) is 1.21. The first-order valence-corrected chi connectivity index (χ1v) is 4.29. The molecule has 1 aromatic rings. The second-order valence-electron chi connectivity index (χ2n) is 2.89. The zero-order valence-electron chi connectivity index (χ0n) is 7.59.